The number of carbonyl (C=O) groups is 2. The van der Waals surface area contributed by atoms with E-state index in [9.17, 15) is 9.59 Å². The molecular formula is C26H22O4. The Hall–Kier alpha value is -3.92. The number of benzene rings is 3. The summed E-state index contributed by atoms with van der Waals surface area (Å²) in [7, 11) is 0. The molecule has 3 aromatic rings. The van der Waals surface area contributed by atoms with Crippen LogP contribution in [0.5, 0.6) is 0 Å². The van der Waals surface area contributed by atoms with E-state index in [0.29, 0.717) is 11.1 Å². The summed E-state index contributed by atoms with van der Waals surface area (Å²) in [5.41, 5.74) is 2.83. The molecule has 0 bridgehead atoms. The van der Waals surface area contributed by atoms with Gasteiger partial charge in [0.05, 0.1) is 11.1 Å². The summed E-state index contributed by atoms with van der Waals surface area (Å²) in [6.07, 6.45) is 7.33. The Bertz CT molecular complexity index is 919. The summed E-state index contributed by atoms with van der Waals surface area (Å²) in [5, 5.41) is 0. The van der Waals surface area contributed by atoms with Gasteiger partial charge in [-0.25, -0.2) is 9.59 Å². The summed E-state index contributed by atoms with van der Waals surface area (Å²) in [5.74, 6) is -0.892. The van der Waals surface area contributed by atoms with E-state index in [2.05, 4.69) is 0 Å². The second-order valence-corrected chi connectivity index (χ2v) is 6.40. The third-order valence-electron chi connectivity index (χ3n) is 4.20. The smallest absolute Gasteiger partial charge is 0.338 e. The molecular weight excluding hydrogens is 376 g/mol. The lowest BCUT2D eigenvalue weighted by molar-refractivity contribution is 0.0535. The first-order valence-corrected chi connectivity index (χ1v) is 9.60. The molecule has 0 aliphatic heterocycles. The molecule has 0 fully saturated rings. The van der Waals surface area contributed by atoms with Crippen LogP contribution >= 0.6 is 0 Å². The standard InChI is InChI=1S/C26H22O4/c27-25(29-19-7-13-21-9-3-1-4-10-21)23-15-17-24(18-16-23)26(28)30-20-8-14-22-11-5-2-6-12-22/h1-18H,19-20H2/b13-7+,14-8+. The minimum atomic E-state index is -0.446. The summed E-state index contributed by atoms with van der Waals surface area (Å²) >= 11 is 0. The highest BCUT2D eigenvalue weighted by Gasteiger charge is 2.10. The minimum Gasteiger partial charge on any atom is -0.458 e. The zero-order valence-electron chi connectivity index (χ0n) is 16.4. The van der Waals surface area contributed by atoms with E-state index in [0.717, 1.165) is 11.1 Å². The van der Waals surface area contributed by atoms with Crippen molar-refractivity contribution in [3.05, 3.63) is 119 Å². The van der Waals surface area contributed by atoms with Crippen LogP contribution < -0.4 is 0 Å². The van der Waals surface area contributed by atoms with E-state index in [1.54, 1.807) is 36.4 Å². The molecule has 4 heteroatoms. The molecule has 150 valence electrons. The largest absolute Gasteiger partial charge is 0.458 e. The van der Waals surface area contributed by atoms with E-state index in [1.165, 1.54) is 0 Å². The summed E-state index contributed by atoms with van der Waals surface area (Å²) < 4.78 is 10.4. The lowest BCUT2D eigenvalue weighted by atomic mass is 10.1. The molecule has 0 saturated carbocycles. The number of rotatable bonds is 8. The van der Waals surface area contributed by atoms with Crippen molar-refractivity contribution >= 4 is 24.1 Å². The van der Waals surface area contributed by atoms with Crippen LogP contribution in [0.15, 0.2) is 97.1 Å². The second-order valence-electron chi connectivity index (χ2n) is 6.40. The van der Waals surface area contributed by atoms with Crippen molar-refractivity contribution in [2.45, 2.75) is 0 Å². The lowest BCUT2D eigenvalue weighted by Gasteiger charge is -2.04. The van der Waals surface area contributed by atoms with E-state index >= 15 is 0 Å². The van der Waals surface area contributed by atoms with Crippen molar-refractivity contribution < 1.29 is 19.1 Å². The van der Waals surface area contributed by atoms with E-state index in [-0.39, 0.29) is 13.2 Å². The molecule has 0 unspecified atom stereocenters. The number of ether oxygens (including phenoxy) is 2. The van der Waals surface area contributed by atoms with Gasteiger partial charge in [0.2, 0.25) is 0 Å². The Morgan fingerprint density at radius 2 is 0.933 bits per heavy atom. The Balaban J connectivity index is 1.44. The minimum absolute atomic E-state index is 0.172. The SMILES string of the molecule is O=C(OC/C=C/c1ccccc1)c1ccc(C(=O)OC/C=C/c2ccccc2)cc1. The normalized spacial score (nSPS) is 10.9. The highest BCUT2D eigenvalue weighted by molar-refractivity contribution is 5.93. The zero-order chi connectivity index (χ0) is 21.0. The lowest BCUT2D eigenvalue weighted by Crippen LogP contribution is -2.08. The summed E-state index contributed by atoms with van der Waals surface area (Å²) in [6.45, 7) is 0.344. The first-order chi connectivity index (χ1) is 14.7. The molecule has 0 atom stereocenters. The van der Waals surface area contributed by atoms with Crippen LogP contribution in [0.4, 0.5) is 0 Å². The van der Waals surface area contributed by atoms with Gasteiger partial charge >= 0.3 is 11.9 Å². The van der Waals surface area contributed by atoms with E-state index in [1.807, 2.05) is 72.8 Å². The van der Waals surface area contributed by atoms with Crippen LogP contribution in [0.3, 0.4) is 0 Å². The Morgan fingerprint density at radius 3 is 1.30 bits per heavy atom. The topological polar surface area (TPSA) is 52.6 Å². The fourth-order valence-corrected chi connectivity index (χ4v) is 2.65. The maximum absolute atomic E-state index is 12.1. The van der Waals surface area contributed by atoms with Crippen molar-refractivity contribution in [1.82, 2.24) is 0 Å². The van der Waals surface area contributed by atoms with Crippen molar-refractivity contribution in [2.24, 2.45) is 0 Å². The van der Waals surface area contributed by atoms with Gasteiger partial charge in [0, 0.05) is 0 Å². The molecule has 0 aliphatic carbocycles. The van der Waals surface area contributed by atoms with Gasteiger partial charge in [-0.1, -0.05) is 72.8 Å². The fraction of sp³-hybridized carbons (Fsp3) is 0.0769. The molecule has 0 aromatic heterocycles. The van der Waals surface area contributed by atoms with Gasteiger partial charge in [0.15, 0.2) is 0 Å². The Kier molecular flexibility index (Phi) is 7.75. The third kappa shape index (κ3) is 6.60. The van der Waals surface area contributed by atoms with Crippen LogP contribution in [-0.4, -0.2) is 25.2 Å². The molecule has 4 nitrogen and oxygen atoms in total. The second kappa shape index (κ2) is 11.2. The molecule has 0 aliphatic rings. The van der Waals surface area contributed by atoms with Crippen molar-refractivity contribution in [1.29, 1.82) is 0 Å². The van der Waals surface area contributed by atoms with Gasteiger partial charge in [-0.2, -0.15) is 0 Å². The van der Waals surface area contributed by atoms with Crippen LogP contribution in [0.1, 0.15) is 31.8 Å². The van der Waals surface area contributed by atoms with Gasteiger partial charge in [-0.15, -0.1) is 0 Å². The van der Waals surface area contributed by atoms with Gasteiger partial charge < -0.3 is 9.47 Å². The quantitative estimate of drug-likeness (QED) is 0.475. The maximum Gasteiger partial charge on any atom is 0.338 e. The van der Waals surface area contributed by atoms with Gasteiger partial charge in [-0.05, 0) is 47.5 Å². The first kappa shape index (κ1) is 20.8. The third-order valence-corrected chi connectivity index (χ3v) is 4.20. The highest BCUT2D eigenvalue weighted by atomic mass is 16.5. The zero-order valence-corrected chi connectivity index (χ0v) is 16.4. The molecule has 0 radical (unpaired) electrons. The van der Waals surface area contributed by atoms with Gasteiger partial charge in [0.1, 0.15) is 13.2 Å². The van der Waals surface area contributed by atoms with Crippen LogP contribution in [0.2, 0.25) is 0 Å². The molecule has 0 N–H and O–H groups in total. The summed E-state index contributed by atoms with van der Waals surface area (Å²) in [6, 6.07) is 25.7. The van der Waals surface area contributed by atoms with Gasteiger partial charge in [0.25, 0.3) is 0 Å². The monoisotopic (exact) mass is 398 g/mol. The molecule has 0 spiro atoms. The number of hydrogen-bond donors (Lipinski definition) is 0. The molecule has 0 saturated heterocycles. The molecule has 3 aromatic carbocycles. The Labute approximate surface area is 176 Å². The van der Waals surface area contributed by atoms with Crippen LogP contribution in [0, 0.1) is 0 Å². The predicted octanol–water partition coefficient (Wildman–Crippen LogP) is 5.43. The maximum atomic E-state index is 12.1. The van der Waals surface area contributed by atoms with Crippen LogP contribution in [-0.2, 0) is 9.47 Å². The number of carbonyl (C=O) groups excluding carboxylic acids is 2. The molecule has 0 heterocycles. The summed E-state index contributed by atoms with van der Waals surface area (Å²) in [4.78, 5) is 24.2. The molecule has 3 rings (SSSR count). The van der Waals surface area contributed by atoms with Crippen molar-refractivity contribution in [3.63, 3.8) is 0 Å². The average molecular weight is 398 g/mol. The average Bonchev–Trinajstić information content (AvgIpc) is 2.81. The molecule has 30 heavy (non-hydrogen) atoms. The highest BCUT2D eigenvalue weighted by Crippen LogP contribution is 2.09. The van der Waals surface area contributed by atoms with Crippen LogP contribution in [0.25, 0.3) is 12.2 Å². The number of esters is 2. The van der Waals surface area contributed by atoms with Crippen molar-refractivity contribution in [3.8, 4) is 0 Å². The Morgan fingerprint density at radius 1 is 0.567 bits per heavy atom. The van der Waals surface area contributed by atoms with Crippen molar-refractivity contribution in [2.75, 3.05) is 13.2 Å². The van der Waals surface area contributed by atoms with E-state index in [4.69, 9.17) is 9.47 Å². The van der Waals surface area contributed by atoms with Gasteiger partial charge in [-0.3, -0.25) is 0 Å². The number of hydrogen-bond acceptors (Lipinski definition) is 4. The molecule has 0 amide bonds. The first-order valence-electron chi connectivity index (χ1n) is 9.60. The predicted molar refractivity (Wildman–Crippen MR) is 118 cm³/mol. The van der Waals surface area contributed by atoms with E-state index < -0.39 is 11.9 Å². The fourth-order valence-electron chi connectivity index (χ4n) is 2.65.